The molecule has 116 valence electrons. The molecule has 2 atom stereocenters. The fourth-order valence-corrected chi connectivity index (χ4v) is 5.93. The molecule has 5 fully saturated rings. The molecule has 3 aliphatic carbocycles. The Bertz CT molecular complexity index is 520. The molecule has 2 heterocycles. The number of ether oxygens (including phenoxy) is 1. The Kier molecular flexibility index (Phi) is 2.12. The molecule has 0 aromatic carbocycles. The Morgan fingerprint density at radius 3 is 2.24 bits per heavy atom. The van der Waals surface area contributed by atoms with Crippen LogP contribution >= 0.6 is 0 Å². The summed E-state index contributed by atoms with van der Waals surface area (Å²) in [6, 6.07) is 0.387. The molecule has 5 rings (SSSR count). The van der Waals surface area contributed by atoms with E-state index >= 15 is 0 Å². The summed E-state index contributed by atoms with van der Waals surface area (Å²) in [5.41, 5.74) is 0.219. The largest absolute Gasteiger partial charge is 0.371 e. The highest BCUT2D eigenvalue weighted by Gasteiger charge is 2.82. The monoisotopic (exact) mass is 289 g/mol. The zero-order chi connectivity index (χ0) is 14.7. The van der Waals surface area contributed by atoms with E-state index in [1.807, 2.05) is 0 Å². The zero-order valence-corrected chi connectivity index (χ0v) is 13.6. The molecule has 3 saturated carbocycles. The average Bonchev–Trinajstić information content (AvgIpc) is 3.28. The molecule has 3 nitrogen and oxygen atoms in total. The van der Waals surface area contributed by atoms with Crippen molar-refractivity contribution in [1.82, 2.24) is 4.90 Å². The summed E-state index contributed by atoms with van der Waals surface area (Å²) >= 11 is 0. The second kappa shape index (κ2) is 3.41. The Morgan fingerprint density at radius 2 is 1.76 bits per heavy atom. The van der Waals surface area contributed by atoms with Gasteiger partial charge >= 0.3 is 0 Å². The second-order valence-corrected chi connectivity index (χ2v) is 9.29. The molecule has 3 spiro atoms. The molecule has 3 heteroatoms. The molecule has 0 unspecified atom stereocenters. The number of hydrogen-bond donors (Lipinski definition) is 0. The van der Waals surface area contributed by atoms with Crippen molar-refractivity contribution in [2.75, 3.05) is 6.54 Å². The van der Waals surface area contributed by atoms with Crippen LogP contribution in [0.2, 0.25) is 0 Å². The van der Waals surface area contributed by atoms with Gasteiger partial charge in [0.05, 0.1) is 11.7 Å². The van der Waals surface area contributed by atoms with E-state index in [1.165, 1.54) is 25.7 Å². The van der Waals surface area contributed by atoms with Crippen LogP contribution in [0.1, 0.15) is 65.7 Å². The number of Topliss-reactive ketones (excluding diaryl/α,β-unsaturated/α-hetero) is 1. The summed E-state index contributed by atoms with van der Waals surface area (Å²) in [7, 11) is 0. The van der Waals surface area contributed by atoms with Gasteiger partial charge in [0, 0.05) is 29.0 Å². The summed E-state index contributed by atoms with van der Waals surface area (Å²) in [5.74, 6) is 0.651. The second-order valence-electron chi connectivity index (χ2n) is 9.29. The predicted octanol–water partition coefficient (Wildman–Crippen LogP) is 2.92. The van der Waals surface area contributed by atoms with Crippen LogP contribution in [-0.4, -0.2) is 40.5 Å². The Morgan fingerprint density at radius 1 is 1.10 bits per heavy atom. The molecule has 5 aliphatic rings. The van der Waals surface area contributed by atoms with E-state index in [0.717, 1.165) is 25.8 Å². The smallest absolute Gasteiger partial charge is 0.148 e. The van der Waals surface area contributed by atoms with Crippen molar-refractivity contribution in [3.05, 3.63) is 0 Å². The lowest BCUT2D eigenvalue weighted by Gasteiger charge is -2.50. The van der Waals surface area contributed by atoms with Gasteiger partial charge in [-0.1, -0.05) is 0 Å². The van der Waals surface area contributed by atoms with Gasteiger partial charge in [0.2, 0.25) is 0 Å². The minimum atomic E-state index is -0.106. The number of piperidine rings is 1. The lowest BCUT2D eigenvalue weighted by Crippen LogP contribution is -2.63. The third-order valence-corrected chi connectivity index (χ3v) is 7.00. The number of ketones is 1. The van der Waals surface area contributed by atoms with Crippen LogP contribution in [0.4, 0.5) is 0 Å². The van der Waals surface area contributed by atoms with Gasteiger partial charge in [-0.25, -0.2) is 0 Å². The first-order chi connectivity index (χ1) is 9.85. The van der Waals surface area contributed by atoms with E-state index in [2.05, 4.69) is 25.7 Å². The Hall–Kier alpha value is -0.410. The van der Waals surface area contributed by atoms with Crippen LogP contribution in [0.5, 0.6) is 0 Å². The van der Waals surface area contributed by atoms with E-state index in [1.54, 1.807) is 0 Å². The summed E-state index contributed by atoms with van der Waals surface area (Å²) < 4.78 is 6.41. The van der Waals surface area contributed by atoms with Crippen molar-refractivity contribution in [1.29, 1.82) is 0 Å². The first kappa shape index (κ1) is 13.1. The van der Waals surface area contributed by atoms with Gasteiger partial charge in [0.1, 0.15) is 5.78 Å². The maximum absolute atomic E-state index is 13.3. The van der Waals surface area contributed by atoms with Gasteiger partial charge < -0.3 is 4.74 Å². The lowest BCUT2D eigenvalue weighted by molar-refractivity contribution is -0.154. The molecule has 0 aromatic rings. The molecular formula is C18H27NO2. The molecule has 0 bridgehead atoms. The SMILES string of the molecule is CC(C)(C)O[C@H]1CCN2[C@@H]1C1(CC1)C(=O)C1(CC1)C21CC1. The molecule has 0 N–H and O–H groups in total. The fraction of sp³-hybridized carbons (Fsp3) is 0.944. The predicted molar refractivity (Wildman–Crippen MR) is 80.0 cm³/mol. The Labute approximate surface area is 127 Å². The van der Waals surface area contributed by atoms with Gasteiger partial charge in [-0.15, -0.1) is 0 Å². The molecule has 0 radical (unpaired) electrons. The first-order valence-corrected chi connectivity index (χ1v) is 8.84. The summed E-state index contributed by atoms with van der Waals surface area (Å²) in [5, 5.41) is 0. The van der Waals surface area contributed by atoms with Gasteiger partial charge in [-0.3, -0.25) is 9.69 Å². The number of fused-ring (bicyclic) bond motifs is 4. The molecule has 2 saturated heterocycles. The Balaban J connectivity index is 1.55. The number of nitrogens with zero attached hydrogens (tertiary/aromatic N) is 1. The van der Waals surface area contributed by atoms with Gasteiger partial charge in [-0.05, 0) is 65.7 Å². The highest BCUT2D eigenvalue weighted by molar-refractivity contribution is 5.98. The van der Waals surface area contributed by atoms with Crippen molar-refractivity contribution in [3.63, 3.8) is 0 Å². The summed E-state index contributed by atoms with van der Waals surface area (Å²) in [4.78, 5) is 16.1. The van der Waals surface area contributed by atoms with E-state index in [9.17, 15) is 4.79 Å². The van der Waals surface area contributed by atoms with Crippen molar-refractivity contribution < 1.29 is 9.53 Å². The zero-order valence-electron chi connectivity index (χ0n) is 13.6. The van der Waals surface area contributed by atoms with Crippen LogP contribution in [0.3, 0.4) is 0 Å². The van der Waals surface area contributed by atoms with Crippen LogP contribution in [0.15, 0.2) is 0 Å². The molecular weight excluding hydrogens is 262 g/mol. The number of carbonyl (C=O) groups is 1. The third-order valence-electron chi connectivity index (χ3n) is 7.00. The highest BCUT2D eigenvalue weighted by Crippen LogP contribution is 2.77. The highest BCUT2D eigenvalue weighted by atomic mass is 16.5. The van der Waals surface area contributed by atoms with Crippen LogP contribution < -0.4 is 0 Å². The fourth-order valence-electron chi connectivity index (χ4n) is 5.93. The van der Waals surface area contributed by atoms with Crippen molar-refractivity contribution >= 4 is 5.78 Å². The maximum atomic E-state index is 13.3. The minimum Gasteiger partial charge on any atom is -0.371 e. The van der Waals surface area contributed by atoms with E-state index < -0.39 is 0 Å². The maximum Gasteiger partial charge on any atom is 0.148 e. The molecule has 0 aromatic heterocycles. The quantitative estimate of drug-likeness (QED) is 0.743. The van der Waals surface area contributed by atoms with Crippen molar-refractivity contribution in [2.24, 2.45) is 10.8 Å². The third kappa shape index (κ3) is 1.41. The van der Waals surface area contributed by atoms with Crippen LogP contribution in [0, 0.1) is 10.8 Å². The van der Waals surface area contributed by atoms with Crippen molar-refractivity contribution in [2.45, 2.75) is 89.0 Å². The molecule has 0 amide bonds. The summed E-state index contributed by atoms with van der Waals surface area (Å²) in [6.45, 7) is 7.60. The van der Waals surface area contributed by atoms with Crippen molar-refractivity contribution in [3.8, 4) is 0 Å². The first-order valence-electron chi connectivity index (χ1n) is 8.84. The van der Waals surface area contributed by atoms with E-state index in [0.29, 0.717) is 11.8 Å². The average molecular weight is 289 g/mol. The van der Waals surface area contributed by atoms with E-state index in [-0.39, 0.29) is 28.1 Å². The van der Waals surface area contributed by atoms with Crippen LogP contribution in [0.25, 0.3) is 0 Å². The summed E-state index contributed by atoms with van der Waals surface area (Å²) in [6.07, 6.45) is 8.48. The van der Waals surface area contributed by atoms with Gasteiger partial charge in [0.25, 0.3) is 0 Å². The number of carbonyl (C=O) groups excluding carboxylic acids is 1. The topological polar surface area (TPSA) is 29.5 Å². The van der Waals surface area contributed by atoms with E-state index in [4.69, 9.17) is 4.74 Å². The number of rotatable bonds is 1. The van der Waals surface area contributed by atoms with Gasteiger partial charge in [0.15, 0.2) is 0 Å². The standard InChI is InChI=1S/C18H27NO2/c1-15(2,3)21-12-4-11-19-13(12)16(5-6-16)14(20)17(7-8-17)18(19)9-10-18/h12-13H,4-11H2,1-3H3/t12-,13-/m0/s1. The lowest BCUT2D eigenvalue weighted by atomic mass is 9.70. The number of hydrogen-bond acceptors (Lipinski definition) is 3. The molecule has 21 heavy (non-hydrogen) atoms. The van der Waals surface area contributed by atoms with Gasteiger partial charge in [-0.2, -0.15) is 0 Å². The normalized spacial score (nSPS) is 40.8. The molecule has 2 aliphatic heterocycles. The minimum absolute atomic E-state index is 0.0171. The van der Waals surface area contributed by atoms with Crippen LogP contribution in [-0.2, 0) is 9.53 Å².